The maximum Gasteiger partial charge on any atom is 0.224 e. The molecule has 1 aromatic carbocycles. The van der Waals surface area contributed by atoms with Crippen molar-refractivity contribution in [1.29, 1.82) is 0 Å². The predicted molar refractivity (Wildman–Crippen MR) is 92.8 cm³/mol. The van der Waals surface area contributed by atoms with Crippen LogP contribution in [0.2, 0.25) is 0 Å². The number of carbonyl (C=O) groups excluding carboxylic acids is 1. The van der Waals surface area contributed by atoms with E-state index in [9.17, 15) is 4.79 Å². The molecule has 1 amide bonds. The number of carbonyl (C=O) groups is 1. The molecular formula is C19H26N2O2. The molecule has 1 aromatic heterocycles. The molecule has 0 aliphatic heterocycles. The summed E-state index contributed by atoms with van der Waals surface area (Å²) in [6, 6.07) is 6.00. The zero-order valence-corrected chi connectivity index (χ0v) is 14.9. The molecule has 0 radical (unpaired) electrons. The molecule has 1 N–H and O–H groups in total. The zero-order chi connectivity index (χ0) is 17.2. The number of oxazole rings is 1. The minimum Gasteiger partial charge on any atom is -0.445 e. The summed E-state index contributed by atoms with van der Waals surface area (Å²) < 4.78 is 5.83. The summed E-state index contributed by atoms with van der Waals surface area (Å²) in [6.45, 7) is 12.2. The van der Waals surface area contributed by atoms with Crippen LogP contribution in [0.1, 0.15) is 55.7 Å². The monoisotopic (exact) mass is 314 g/mol. The molecule has 0 spiro atoms. The maximum atomic E-state index is 12.2. The lowest BCUT2D eigenvalue weighted by Crippen LogP contribution is -2.13. The molecule has 0 fully saturated rings. The van der Waals surface area contributed by atoms with Gasteiger partial charge in [0.25, 0.3) is 0 Å². The van der Waals surface area contributed by atoms with Gasteiger partial charge in [0.05, 0.1) is 5.69 Å². The molecule has 0 aliphatic carbocycles. The quantitative estimate of drug-likeness (QED) is 0.906. The highest BCUT2D eigenvalue weighted by Crippen LogP contribution is 2.24. The van der Waals surface area contributed by atoms with Crippen LogP contribution in [-0.2, 0) is 16.6 Å². The lowest BCUT2D eigenvalue weighted by molar-refractivity contribution is -0.116. The fraction of sp³-hybridized carbons (Fsp3) is 0.474. The van der Waals surface area contributed by atoms with Crippen molar-refractivity contribution < 1.29 is 9.21 Å². The van der Waals surface area contributed by atoms with E-state index in [0.29, 0.717) is 12.8 Å². The van der Waals surface area contributed by atoms with E-state index in [4.69, 9.17) is 4.42 Å². The Bertz CT molecular complexity index is 709. The summed E-state index contributed by atoms with van der Waals surface area (Å²) >= 11 is 0. The number of rotatable bonds is 4. The lowest BCUT2D eigenvalue weighted by Gasteiger charge is -2.12. The van der Waals surface area contributed by atoms with Crippen molar-refractivity contribution >= 4 is 11.6 Å². The van der Waals surface area contributed by atoms with Crippen molar-refractivity contribution in [1.82, 2.24) is 4.98 Å². The first-order valence-corrected chi connectivity index (χ1v) is 8.00. The number of aryl methyl sites for hydroxylation is 4. The highest BCUT2D eigenvalue weighted by Gasteiger charge is 2.22. The third kappa shape index (κ3) is 4.44. The number of nitrogens with one attached hydrogen (secondary N) is 1. The van der Waals surface area contributed by atoms with E-state index in [1.54, 1.807) is 0 Å². The van der Waals surface area contributed by atoms with Crippen LogP contribution < -0.4 is 5.32 Å². The van der Waals surface area contributed by atoms with Crippen molar-refractivity contribution in [2.75, 3.05) is 5.32 Å². The van der Waals surface area contributed by atoms with Crippen LogP contribution in [0.25, 0.3) is 0 Å². The van der Waals surface area contributed by atoms with Gasteiger partial charge in [0, 0.05) is 23.9 Å². The lowest BCUT2D eigenvalue weighted by atomic mass is 9.97. The predicted octanol–water partition coefficient (Wildman–Crippen LogP) is 4.47. The first-order valence-electron chi connectivity index (χ1n) is 8.00. The molecule has 0 saturated carbocycles. The van der Waals surface area contributed by atoms with Crippen LogP contribution >= 0.6 is 0 Å². The SMILES string of the molecule is Cc1ccc(NC(=O)CCc2oc(C(C)(C)C)nc2C)c(C)c1. The molecule has 0 bridgehead atoms. The van der Waals surface area contributed by atoms with E-state index in [1.807, 2.05) is 32.9 Å². The normalized spacial score (nSPS) is 11.6. The first-order chi connectivity index (χ1) is 10.7. The Labute approximate surface area is 138 Å². The Morgan fingerprint density at radius 3 is 2.48 bits per heavy atom. The Hall–Kier alpha value is -2.10. The zero-order valence-electron chi connectivity index (χ0n) is 14.9. The standard InChI is InChI=1S/C19H26N2O2/c1-12-7-8-15(13(2)11-12)21-17(22)10-9-16-14(3)20-18(23-16)19(4,5)6/h7-8,11H,9-10H2,1-6H3,(H,21,22). The van der Waals surface area contributed by atoms with E-state index < -0.39 is 0 Å². The van der Waals surface area contributed by atoms with E-state index in [-0.39, 0.29) is 11.3 Å². The average Bonchev–Trinajstić information content (AvgIpc) is 2.81. The van der Waals surface area contributed by atoms with Crippen LogP contribution in [0.4, 0.5) is 5.69 Å². The molecule has 23 heavy (non-hydrogen) atoms. The van der Waals surface area contributed by atoms with Gasteiger partial charge in [-0.15, -0.1) is 0 Å². The van der Waals surface area contributed by atoms with Crippen molar-refractivity contribution in [3.63, 3.8) is 0 Å². The van der Waals surface area contributed by atoms with Gasteiger partial charge in [-0.25, -0.2) is 4.98 Å². The molecule has 124 valence electrons. The highest BCUT2D eigenvalue weighted by molar-refractivity contribution is 5.91. The second kappa shape index (κ2) is 6.57. The average molecular weight is 314 g/mol. The van der Waals surface area contributed by atoms with E-state index in [0.717, 1.165) is 28.6 Å². The van der Waals surface area contributed by atoms with Crippen molar-refractivity contribution in [3.8, 4) is 0 Å². The molecular weight excluding hydrogens is 288 g/mol. The van der Waals surface area contributed by atoms with Crippen molar-refractivity contribution in [2.45, 2.75) is 59.8 Å². The summed E-state index contributed by atoms with van der Waals surface area (Å²) in [7, 11) is 0. The minimum atomic E-state index is -0.121. The molecule has 1 heterocycles. The van der Waals surface area contributed by atoms with Gasteiger partial charge in [-0.1, -0.05) is 38.5 Å². The van der Waals surface area contributed by atoms with Gasteiger partial charge in [-0.2, -0.15) is 0 Å². The second-order valence-corrected chi connectivity index (χ2v) is 7.14. The molecule has 2 rings (SSSR count). The molecule has 0 atom stereocenters. The highest BCUT2D eigenvalue weighted by atomic mass is 16.4. The minimum absolute atomic E-state index is 0.00920. The molecule has 0 aliphatic rings. The number of nitrogens with zero attached hydrogens (tertiary/aromatic N) is 1. The van der Waals surface area contributed by atoms with E-state index in [2.05, 4.69) is 37.1 Å². The summed E-state index contributed by atoms with van der Waals surface area (Å²) in [4.78, 5) is 16.6. The van der Waals surface area contributed by atoms with Crippen molar-refractivity contribution in [2.24, 2.45) is 0 Å². The summed E-state index contributed by atoms with van der Waals surface area (Å²) in [5, 5.41) is 2.96. The van der Waals surface area contributed by atoms with Gasteiger partial charge in [0.15, 0.2) is 5.89 Å². The van der Waals surface area contributed by atoms with E-state index >= 15 is 0 Å². The molecule has 2 aromatic rings. The number of aromatic nitrogens is 1. The van der Waals surface area contributed by atoms with Gasteiger partial charge < -0.3 is 9.73 Å². The van der Waals surface area contributed by atoms with Gasteiger partial charge in [-0.05, 0) is 32.4 Å². The molecule has 4 nitrogen and oxygen atoms in total. The largest absolute Gasteiger partial charge is 0.445 e. The Morgan fingerprint density at radius 1 is 1.22 bits per heavy atom. The third-order valence-electron chi connectivity index (χ3n) is 3.77. The van der Waals surface area contributed by atoms with Gasteiger partial charge in [0.2, 0.25) is 5.91 Å². The van der Waals surface area contributed by atoms with Gasteiger partial charge in [-0.3, -0.25) is 4.79 Å². The van der Waals surface area contributed by atoms with Crippen molar-refractivity contribution in [3.05, 3.63) is 46.7 Å². The number of anilines is 1. The maximum absolute atomic E-state index is 12.2. The Kier molecular flexibility index (Phi) is 4.93. The molecule has 0 unspecified atom stereocenters. The summed E-state index contributed by atoms with van der Waals surface area (Å²) in [6.07, 6.45) is 0.943. The fourth-order valence-corrected chi connectivity index (χ4v) is 2.37. The first kappa shape index (κ1) is 17.3. The number of hydrogen-bond donors (Lipinski definition) is 1. The van der Waals surface area contributed by atoms with Crippen LogP contribution in [0, 0.1) is 20.8 Å². The number of benzene rings is 1. The van der Waals surface area contributed by atoms with Crippen LogP contribution in [0.3, 0.4) is 0 Å². The third-order valence-corrected chi connectivity index (χ3v) is 3.77. The molecule has 0 saturated heterocycles. The molecule has 4 heteroatoms. The van der Waals surface area contributed by atoms with Gasteiger partial charge >= 0.3 is 0 Å². The Morgan fingerprint density at radius 2 is 1.91 bits per heavy atom. The van der Waals surface area contributed by atoms with Crippen LogP contribution in [0.15, 0.2) is 22.6 Å². The number of amides is 1. The van der Waals surface area contributed by atoms with Crippen LogP contribution in [0.5, 0.6) is 0 Å². The topological polar surface area (TPSA) is 55.1 Å². The second-order valence-electron chi connectivity index (χ2n) is 7.14. The van der Waals surface area contributed by atoms with Crippen LogP contribution in [-0.4, -0.2) is 10.9 Å². The van der Waals surface area contributed by atoms with Gasteiger partial charge in [0.1, 0.15) is 5.76 Å². The Balaban J connectivity index is 1.98. The summed E-state index contributed by atoms with van der Waals surface area (Å²) in [5.41, 5.74) is 3.88. The smallest absolute Gasteiger partial charge is 0.224 e. The van der Waals surface area contributed by atoms with E-state index in [1.165, 1.54) is 5.56 Å². The fourth-order valence-electron chi connectivity index (χ4n) is 2.37. The summed E-state index contributed by atoms with van der Waals surface area (Å²) in [5.74, 6) is 1.51. The number of hydrogen-bond acceptors (Lipinski definition) is 3.